The third kappa shape index (κ3) is 3.36. The van der Waals surface area contributed by atoms with E-state index in [-0.39, 0.29) is 0 Å². The van der Waals surface area contributed by atoms with E-state index in [2.05, 4.69) is 22.2 Å². The van der Waals surface area contributed by atoms with Crippen molar-refractivity contribution in [3.8, 4) is 0 Å². The highest BCUT2D eigenvalue weighted by atomic mass is 14.9. The largest absolute Gasteiger partial charge is 0.305 e. The zero-order valence-corrected chi connectivity index (χ0v) is 10.2. The Labute approximate surface area is 102 Å². The molecule has 0 aliphatic rings. The Morgan fingerprint density at radius 2 is 1.94 bits per heavy atom. The molecule has 1 N–H and O–H groups in total. The first-order chi connectivity index (χ1) is 8.25. The van der Waals surface area contributed by atoms with Gasteiger partial charge >= 0.3 is 0 Å². The van der Waals surface area contributed by atoms with Crippen LogP contribution in [-0.2, 0) is 6.54 Å². The number of rotatable bonds is 4. The summed E-state index contributed by atoms with van der Waals surface area (Å²) in [4.78, 5) is 8.48. The van der Waals surface area contributed by atoms with E-state index in [0.29, 0.717) is 6.04 Å². The summed E-state index contributed by atoms with van der Waals surface area (Å²) in [5.74, 6) is 0. The maximum Gasteiger partial charge on any atom is 0.0545 e. The molecule has 0 saturated carbocycles. The Kier molecular flexibility index (Phi) is 3.83. The molecule has 0 spiro atoms. The molecule has 2 heterocycles. The lowest BCUT2D eigenvalue weighted by molar-refractivity contribution is 0.566. The van der Waals surface area contributed by atoms with Crippen LogP contribution in [0.1, 0.15) is 29.9 Å². The molecule has 0 radical (unpaired) electrons. The average Bonchev–Trinajstić information content (AvgIpc) is 2.37. The summed E-state index contributed by atoms with van der Waals surface area (Å²) < 4.78 is 0. The van der Waals surface area contributed by atoms with Crippen LogP contribution < -0.4 is 5.32 Å². The van der Waals surface area contributed by atoms with Crippen LogP contribution in [0.25, 0.3) is 0 Å². The van der Waals surface area contributed by atoms with Crippen molar-refractivity contribution in [3.05, 3.63) is 59.7 Å². The van der Waals surface area contributed by atoms with Gasteiger partial charge in [-0.3, -0.25) is 9.97 Å². The van der Waals surface area contributed by atoms with Crippen molar-refractivity contribution in [2.24, 2.45) is 0 Å². The highest BCUT2D eigenvalue weighted by Crippen LogP contribution is 2.10. The molecule has 1 atom stereocenters. The molecular formula is C14H17N3. The van der Waals surface area contributed by atoms with E-state index >= 15 is 0 Å². The second-order valence-corrected chi connectivity index (χ2v) is 4.15. The minimum Gasteiger partial charge on any atom is -0.305 e. The molecule has 2 aromatic heterocycles. The summed E-state index contributed by atoms with van der Waals surface area (Å²) in [5, 5.41) is 3.45. The standard InChI is InChI=1S/C14H17N3/c1-11-4-3-5-14(17-11)10-16-12(2)13-6-8-15-9-7-13/h3-9,12,16H,10H2,1-2H3/t12-/m1/s1. The van der Waals surface area contributed by atoms with Crippen molar-refractivity contribution >= 4 is 0 Å². The number of aryl methyl sites for hydroxylation is 1. The van der Waals surface area contributed by atoms with Gasteiger partial charge in [0.2, 0.25) is 0 Å². The molecule has 0 amide bonds. The fraction of sp³-hybridized carbons (Fsp3) is 0.286. The van der Waals surface area contributed by atoms with E-state index in [1.165, 1.54) is 5.56 Å². The van der Waals surface area contributed by atoms with Crippen LogP contribution >= 0.6 is 0 Å². The SMILES string of the molecule is Cc1cccc(CN[C@H](C)c2ccncc2)n1. The monoisotopic (exact) mass is 227 g/mol. The van der Waals surface area contributed by atoms with Gasteiger partial charge in [0.05, 0.1) is 5.69 Å². The van der Waals surface area contributed by atoms with Gasteiger partial charge in [-0.15, -0.1) is 0 Å². The van der Waals surface area contributed by atoms with E-state index in [0.717, 1.165) is 17.9 Å². The first-order valence-corrected chi connectivity index (χ1v) is 5.81. The summed E-state index contributed by atoms with van der Waals surface area (Å²) >= 11 is 0. The molecule has 0 bridgehead atoms. The van der Waals surface area contributed by atoms with Crippen molar-refractivity contribution in [2.45, 2.75) is 26.4 Å². The highest BCUT2D eigenvalue weighted by Gasteiger charge is 2.04. The fourth-order valence-electron chi connectivity index (χ4n) is 1.73. The van der Waals surface area contributed by atoms with Crippen LogP contribution in [0.5, 0.6) is 0 Å². The van der Waals surface area contributed by atoms with Crippen LogP contribution in [0.2, 0.25) is 0 Å². The third-order valence-corrected chi connectivity index (χ3v) is 2.74. The second-order valence-electron chi connectivity index (χ2n) is 4.15. The molecule has 0 aliphatic heterocycles. The molecule has 0 unspecified atom stereocenters. The predicted octanol–water partition coefficient (Wildman–Crippen LogP) is 2.64. The predicted molar refractivity (Wildman–Crippen MR) is 68.5 cm³/mol. The smallest absolute Gasteiger partial charge is 0.0545 e. The van der Waals surface area contributed by atoms with Gasteiger partial charge in [-0.25, -0.2) is 0 Å². The van der Waals surface area contributed by atoms with Gasteiger partial charge in [0, 0.05) is 30.7 Å². The van der Waals surface area contributed by atoms with E-state index in [9.17, 15) is 0 Å². The Morgan fingerprint density at radius 1 is 1.18 bits per heavy atom. The maximum absolute atomic E-state index is 4.46. The fourth-order valence-corrected chi connectivity index (χ4v) is 1.73. The van der Waals surface area contributed by atoms with Crippen LogP contribution in [0.3, 0.4) is 0 Å². The molecule has 2 rings (SSSR count). The Morgan fingerprint density at radius 3 is 2.65 bits per heavy atom. The van der Waals surface area contributed by atoms with Crippen molar-refractivity contribution in [3.63, 3.8) is 0 Å². The quantitative estimate of drug-likeness (QED) is 0.872. The number of hydrogen-bond donors (Lipinski definition) is 1. The summed E-state index contributed by atoms with van der Waals surface area (Å²) in [6.07, 6.45) is 3.64. The van der Waals surface area contributed by atoms with E-state index in [4.69, 9.17) is 0 Å². The molecule has 0 aliphatic carbocycles. The second kappa shape index (κ2) is 5.55. The molecule has 3 heteroatoms. The highest BCUT2D eigenvalue weighted by molar-refractivity contribution is 5.15. The third-order valence-electron chi connectivity index (χ3n) is 2.74. The van der Waals surface area contributed by atoms with Crippen molar-refractivity contribution in [1.29, 1.82) is 0 Å². The van der Waals surface area contributed by atoms with E-state index < -0.39 is 0 Å². The Bertz CT molecular complexity index is 468. The van der Waals surface area contributed by atoms with Gasteiger partial charge in [-0.1, -0.05) is 6.07 Å². The molecular weight excluding hydrogens is 210 g/mol. The summed E-state index contributed by atoms with van der Waals surface area (Å²) in [6, 6.07) is 10.5. The molecule has 3 nitrogen and oxygen atoms in total. The molecule has 17 heavy (non-hydrogen) atoms. The average molecular weight is 227 g/mol. The lowest BCUT2D eigenvalue weighted by Crippen LogP contribution is -2.18. The normalized spacial score (nSPS) is 12.4. The summed E-state index contributed by atoms with van der Waals surface area (Å²) in [5.41, 5.74) is 3.37. The van der Waals surface area contributed by atoms with Gasteiger partial charge in [0.15, 0.2) is 0 Å². The van der Waals surface area contributed by atoms with Gasteiger partial charge in [-0.05, 0) is 43.7 Å². The number of pyridine rings is 2. The van der Waals surface area contributed by atoms with E-state index in [1.54, 1.807) is 0 Å². The van der Waals surface area contributed by atoms with Crippen molar-refractivity contribution < 1.29 is 0 Å². The van der Waals surface area contributed by atoms with Crippen LogP contribution in [0.4, 0.5) is 0 Å². The number of nitrogens with one attached hydrogen (secondary N) is 1. The topological polar surface area (TPSA) is 37.8 Å². The van der Waals surface area contributed by atoms with Gasteiger partial charge in [-0.2, -0.15) is 0 Å². The van der Waals surface area contributed by atoms with Crippen molar-refractivity contribution in [2.75, 3.05) is 0 Å². The summed E-state index contributed by atoms with van der Waals surface area (Å²) in [6.45, 7) is 4.94. The number of nitrogens with zero attached hydrogens (tertiary/aromatic N) is 2. The molecule has 88 valence electrons. The first kappa shape index (κ1) is 11.7. The van der Waals surface area contributed by atoms with Gasteiger partial charge in [0.25, 0.3) is 0 Å². The minimum atomic E-state index is 0.306. The van der Waals surface area contributed by atoms with Crippen molar-refractivity contribution in [1.82, 2.24) is 15.3 Å². The molecule has 0 aromatic carbocycles. The summed E-state index contributed by atoms with van der Waals surface area (Å²) in [7, 11) is 0. The number of hydrogen-bond acceptors (Lipinski definition) is 3. The lowest BCUT2D eigenvalue weighted by atomic mass is 10.1. The number of aromatic nitrogens is 2. The molecule has 2 aromatic rings. The van der Waals surface area contributed by atoms with Crippen LogP contribution in [0, 0.1) is 6.92 Å². The zero-order chi connectivity index (χ0) is 12.1. The maximum atomic E-state index is 4.46. The Balaban J connectivity index is 1.95. The zero-order valence-electron chi connectivity index (χ0n) is 10.2. The van der Waals surface area contributed by atoms with E-state index in [1.807, 2.05) is 49.6 Å². The van der Waals surface area contributed by atoms with Gasteiger partial charge in [0.1, 0.15) is 0 Å². The van der Waals surface area contributed by atoms with Gasteiger partial charge < -0.3 is 5.32 Å². The Hall–Kier alpha value is -1.74. The minimum absolute atomic E-state index is 0.306. The van der Waals surface area contributed by atoms with Crippen LogP contribution in [-0.4, -0.2) is 9.97 Å². The first-order valence-electron chi connectivity index (χ1n) is 5.81. The lowest BCUT2D eigenvalue weighted by Gasteiger charge is -2.13. The van der Waals surface area contributed by atoms with Crippen LogP contribution in [0.15, 0.2) is 42.7 Å². The molecule has 0 fully saturated rings. The molecule has 0 saturated heterocycles.